The summed E-state index contributed by atoms with van der Waals surface area (Å²) < 4.78 is 0. The second-order valence-electron chi connectivity index (χ2n) is 12.3. The first-order chi connectivity index (χ1) is 22.6. The maximum absolute atomic E-state index is 5.17. The number of para-hydroxylation sites is 2. The van der Waals surface area contributed by atoms with Crippen LogP contribution in [-0.2, 0) is 5.41 Å². The molecule has 1 aliphatic heterocycles. The minimum Gasteiger partial charge on any atom is -0.310 e. The molecular weight excluding hydrogens is 558 g/mol. The van der Waals surface area contributed by atoms with E-state index in [0.29, 0.717) is 0 Å². The monoisotopic (exact) mass is 591 g/mol. The number of fused-ring (bicyclic) bond motifs is 2. The summed E-state index contributed by atoms with van der Waals surface area (Å²) in [5.74, 6) is 0. The fourth-order valence-electron chi connectivity index (χ4n) is 6.71. The normalized spacial score (nSPS) is 13.1. The van der Waals surface area contributed by atoms with Crippen molar-refractivity contribution in [1.82, 2.24) is 9.97 Å². The highest BCUT2D eigenvalue weighted by molar-refractivity contribution is 5.89. The van der Waals surface area contributed by atoms with Crippen LogP contribution in [0.5, 0.6) is 0 Å². The summed E-state index contributed by atoms with van der Waals surface area (Å²) in [6.07, 6.45) is 0. The van der Waals surface area contributed by atoms with Crippen LogP contribution in [0.1, 0.15) is 25.0 Å². The molecule has 0 saturated heterocycles. The number of pyridine rings is 2. The highest BCUT2D eigenvalue weighted by Crippen LogP contribution is 2.52. The number of hydrogen-bond donors (Lipinski definition) is 0. The summed E-state index contributed by atoms with van der Waals surface area (Å²) in [4.78, 5) is 12.8. The molecule has 5 aromatic carbocycles. The van der Waals surface area contributed by atoms with Gasteiger partial charge in [-0.3, -0.25) is 0 Å². The summed E-state index contributed by atoms with van der Waals surface area (Å²) in [5, 5.41) is 0. The van der Waals surface area contributed by atoms with Gasteiger partial charge < -0.3 is 4.90 Å². The van der Waals surface area contributed by atoms with Crippen molar-refractivity contribution in [3.63, 3.8) is 0 Å². The maximum atomic E-state index is 5.17. The van der Waals surface area contributed by atoms with Crippen LogP contribution >= 0.6 is 0 Å². The van der Waals surface area contributed by atoms with Gasteiger partial charge in [-0.15, -0.1) is 0 Å². The molecule has 1 aliphatic rings. The molecule has 0 unspecified atom stereocenters. The minimum absolute atomic E-state index is 0.138. The Morgan fingerprint density at radius 2 is 0.783 bits per heavy atom. The predicted molar refractivity (Wildman–Crippen MR) is 191 cm³/mol. The van der Waals surface area contributed by atoms with Crippen molar-refractivity contribution < 1.29 is 0 Å². The molecule has 0 fully saturated rings. The standard InChI is InChI=1S/C43H33N3/c1-43(2)35-19-9-11-25-41(35)46(42-26-12-10-20-36(42)43)34-28-32(39-23-13-21-37(44-39)30-15-5-3-6-16-30)27-33(29-34)40-24-14-22-38(45-40)31-17-7-4-8-18-31/h3-29H,1-2H3. The molecule has 0 amide bonds. The van der Waals surface area contributed by atoms with Crippen LogP contribution in [0.4, 0.5) is 17.1 Å². The molecule has 3 heteroatoms. The summed E-state index contributed by atoms with van der Waals surface area (Å²) in [7, 11) is 0. The van der Waals surface area contributed by atoms with Crippen LogP contribution in [0.15, 0.2) is 164 Å². The zero-order valence-electron chi connectivity index (χ0n) is 25.9. The molecular formula is C43H33N3. The van der Waals surface area contributed by atoms with Crippen molar-refractivity contribution in [2.45, 2.75) is 19.3 Å². The molecule has 0 spiro atoms. The fraction of sp³-hybridized carbons (Fsp3) is 0.0698. The van der Waals surface area contributed by atoms with Gasteiger partial charge in [-0.2, -0.15) is 0 Å². The minimum atomic E-state index is -0.138. The van der Waals surface area contributed by atoms with Gasteiger partial charge in [0.15, 0.2) is 0 Å². The van der Waals surface area contributed by atoms with Crippen LogP contribution in [0, 0.1) is 0 Å². The third-order valence-corrected chi connectivity index (χ3v) is 9.04. The van der Waals surface area contributed by atoms with Gasteiger partial charge in [0.2, 0.25) is 0 Å². The third-order valence-electron chi connectivity index (χ3n) is 9.04. The lowest BCUT2D eigenvalue weighted by molar-refractivity contribution is 0.632. The first kappa shape index (κ1) is 27.7. The Kier molecular flexibility index (Phi) is 6.80. The molecule has 8 rings (SSSR count). The van der Waals surface area contributed by atoms with E-state index in [-0.39, 0.29) is 5.41 Å². The van der Waals surface area contributed by atoms with Gasteiger partial charge in [-0.05, 0) is 65.7 Å². The molecule has 7 aromatic rings. The zero-order valence-corrected chi connectivity index (χ0v) is 25.9. The molecule has 220 valence electrons. The van der Waals surface area contributed by atoms with Crippen molar-refractivity contribution in [1.29, 1.82) is 0 Å². The average molecular weight is 592 g/mol. The average Bonchev–Trinajstić information content (AvgIpc) is 3.12. The number of aromatic nitrogens is 2. The highest BCUT2D eigenvalue weighted by Gasteiger charge is 2.36. The van der Waals surface area contributed by atoms with E-state index in [9.17, 15) is 0 Å². The third kappa shape index (κ3) is 4.87. The molecule has 0 radical (unpaired) electrons. The number of rotatable bonds is 5. The van der Waals surface area contributed by atoms with Gasteiger partial charge in [0.05, 0.1) is 34.2 Å². The van der Waals surface area contributed by atoms with Gasteiger partial charge >= 0.3 is 0 Å². The topological polar surface area (TPSA) is 29.0 Å². The fourth-order valence-corrected chi connectivity index (χ4v) is 6.71. The summed E-state index contributed by atoms with van der Waals surface area (Å²) in [6, 6.07) is 57.6. The highest BCUT2D eigenvalue weighted by atomic mass is 15.2. The van der Waals surface area contributed by atoms with E-state index in [1.54, 1.807) is 0 Å². The molecule has 46 heavy (non-hydrogen) atoms. The first-order valence-corrected chi connectivity index (χ1v) is 15.8. The largest absolute Gasteiger partial charge is 0.310 e. The SMILES string of the molecule is CC1(C)c2ccccc2N(c2cc(-c3cccc(-c4ccccc4)n3)cc(-c3cccc(-c4ccccc4)n3)c2)c2ccccc21. The maximum Gasteiger partial charge on any atom is 0.0710 e. The van der Waals surface area contributed by atoms with Crippen LogP contribution in [0.25, 0.3) is 45.0 Å². The van der Waals surface area contributed by atoms with Crippen LogP contribution in [0.2, 0.25) is 0 Å². The predicted octanol–water partition coefficient (Wildman–Crippen LogP) is 11.3. The molecule has 0 bridgehead atoms. The summed E-state index contributed by atoms with van der Waals surface area (Å²) >= 11 is 0. The Hall–Kier alpha value is -5.80. The zero-order chi connectivity index (χ0) is 31.1. The smallest absolute Gasteiger partial charge is 0.0710 e. The Balaban J connectivity index is 1.36. The van der Waals surface area contributed by atoms with Crippen molar-refractivity contribution in [2.24, 2.45) is 0 Å². The lowest BCUT2D eigenvalue weighted by Gasteiger charge is -2.42. The van der Waals surface area contributed by atoms with E-state index in [4.69, 9.17) is 9.97 Å². The Labute approximate surface area is 270 Å². The molecule has 2 aromatic heterocycles. The number of benzene rings is 5. The van der Waals surface area contributed by atoms with E-state index < -0.39 is 0 Å². The number of nitrogens with zero attached hydrogens (tertiary/aromatic N) is 3. The summed E-state index contributed by atoms with van der Waals surface area (Å²) in [6.45, 7) is 4.64. The molecule has 3 nitrogen and oxygen atoms in total. The second-order valence-corrected chi connectivity index (χ2v) is 12.3. The number of anilines is 3. The lowest BCUT2D eigenvalue weighted by atomic mass is 9.73. The van der Waals surface area contributed by atoms with E-state index in [0.717, 1.165) is 50.7 Å². The van der Waals surface area contributed by atoms with E-state index in [2.05, 4.69) is 170 Å². The lowest BCUT2D eigenvalue weighted by Crippen LogP contribution is -2.30. The molecule has 0 saturated carbocycles. The van der Waals surface area contributed by atoms with Gasteiger partial charge in [-0.1, -0.05) is 123 Å². The van der Waals surface area contributed by atoms with Crippen molar-refractivity contribution >= 4 is 17.1 Å². The van der Waals surface area contributed by atoms with E-state index >= 15 is 0 Å². The van der Waals surface area contributed by atoms with Gasteiger partial charge in [0.1, 0.15) is 0 Å². The van der Waals surface area contributed by atoms with Gasteiger partial charge in [-0.25, -0.2) is 9.97 Å². The summed E-state index contributed by atoms with van der Waals surface area (Å²) in [5.41, 5.74) is 13.9. The Morgan fingerprint density at radius 3 is 1.24 bits per heavy atom. The first-order valence-electron chi connectivity index (χ1n) is 15.8. The van der Waals surface area contributed by atoms with Gasteiger partial charge in [0.25, 0.3) is 0 Å². The molecule has 0 N–H and O–H groups in total. The number of hydrogen-bond acceptors (Lipinski definition) is 3. The van der Waals surface area contributed by atoms with Crippen LogP contribution < -0.4 is 4.90 Å². The quantitative estimate of drug-likeness (QED) is 0.199. The van der Waals surface area contributed by atoms with Crippen LogP contribution in [0.3, 0.4) is 0 Å². The molecule has 0 atom stereocenters. The second kappa shape index (κ2) is 11.3. The van der Waals surface area contributed by atoms with Crippen molar-refractivity contribution in [3.8, 4) is 45.0 Å². The Bertz CT molecular complexity index is 2030. The molecule has 0 aliphatic carbocycles. The Morgan fingerprint density at radius 1 is 0.391 bits per heavy atom. The van der Waals surface area contributed by atoms with Crippen LogP contribution in [-0.4, -0.2) is 9.97 Å². The van der Waals surface area contributed by atoms with Crippen molar-refractivity contribution in [3.05, 3.63) is 175 Å². The van der Waals surface area contributed by atoms with E-state index in [1.165, 1.54) is 22.5 Å². The van der Waals surface area contributed by atoms with Gasteiger partial charge in [0, 0.05) is 33.4 Å². The molecule has 3 heterocycles. The van der Waals surface area contributed by atoms with Crippen molar-refractivity contribution in [2.75, 3.05) is 4.90 Å². The van der Waals surface area contributed by atoms with E-state index in [1.807, 2.05) is 12.1 Å².